The second-order valence-electron chi connectivity index (χ2n) is 5.04. The van der Waals surface area contributed by atoms with Gasteiger partial charge in [-0.2, -0.15) is 4.98 Å². The predicted octanol–water partition coefficient (Wildman–Crippen LogP) is 1.69. The number of rotatable bonds is 3. The van der Waals surface area contributed by atoms with Crippen LogP contribution in [0.25, 0.3) is 11.6 Å². The summed E-state index contributed by atoms with van der Waals surface area (Å²) in [7, 11) is 0. The van der Waals surface area contributed by atoms with Crippen molar-refractivity contribution in [1.82, 2.24) is 20.1 Å². The van der Waals surface area contributed by atoms with Gasteiger partial charge in [-0.05, 0) is 18.9 Å². The van der Waals surface area contributed by atoms with Crippen molar-refractivity contribution in [2.75, 3.05) is 6.54 Å². The SMILES string of the molecule is NCC1(c2nc(-c3ncccn3)no2)CCCCC1. The molecule has 6 nitrogen and oxygen atoms in total. The van der Waals surface area contributed by atoms with Crippen molar-refractivity contribution in [2.24, 2.45) is 5.73 Å². The zero-order chi connectivity index (χ0) is 13.1. The lowest BCUT2D eigenvalue weighted by atomic mass is 9.74. The van der Waals surface area contributed by atoms with Gasteiger partial charge in [0.2, 0.25) is 17.5 Å². The van der Waals surface area contributed by atoms with Crippen LogP contribution in [0, 0.1) is 0 Å². The normalized spacial score (nSPS) is 18.4. The molecule has 19 heavy (non-hydrogen) atoms. The van der Waals surface area contributed by atoms with Gasteiger partial charge in [-0.3, -0.25) is 0 Å². The van der Waals surface area contributed by atoms with Crippen LogP contribution in [0.5, 0.6) is 0 Å². The van der Waals surface area contributed by atoms with Crippen molar-refractivity contribution in [1.29, 1.82) is 0 Å². The third kappa shape index (κ3) is 2.23. The summed E-state index contributed by atoms with van der Waals surface area (Å²) in [5, 5.41) is 3.99. The van der Waals surface area contributed by atoms with Gasteiger partial charge in [0.05, 0.1) is 5.41 Å². The second kappa shape index (κ2) is 5.05. The summed E-state index contributed by atoms with van der Waals surface area (Å²) < 4.78 is 5.43. The van der Waals surface area contributed by atoms with E-state index >= 15 is 0 Å². The van der Waals surface area contributed by atoms with Gasteiger partial charge in [-0.25, -0.2) is 9.97 Å². The van der Waals surface area contributed by atoms with E-state index in [9.17, 15) is 0 Å². The minimum Gasteiger partial charge on any atom is -0.338 e. The topological polar surface area (TPSA) is 90.7 Å². The Hall–Kier alpha value is -1.82. The van der Waals surface area contributed by atoms with E-state index in [1.807, 2.05) is 0 Å². The summed E-state index contributed by atoms with van der Waals surface area (Å²) in [4.78, 5) is 12.7. The molecule has 6 heteroatoms. The van der Waals surface area contributed by atoms with Gasteiger partial charge in [-0.15, -0.1) is 0 Å². The van der Waals surface area contributed by atoms with Crippen molar-refractivity contribution in [3.63, 3.8) is 0 Å². The molecule has 2 aromatic rings. The van der Waals surface area contributed by atoms with Crippen LogP contribution in [0.2, 0.25) is 0 Å². The molecular formula is C13H17N5O. The Kier molecular flexibility index (Phi) is 3.25. The summed E-state index contributed by atoms with van der Waals surface area (Å²) in [5.74, 6) is 1.56. The van der Waals surface area contributed by atoms with Crippen molar-refractivity contribution < 1.29 is 4.52 Å². The van der Waals surface area contributed by atoms with Crippen molar-refractivity contribution in [3.8, 4) is 11.6 Å². The Morgan fingerprint density at radius 1 is 1.11 bits per heavy atom. The molecule has 2 aromatic heterocycles. The molecule has 0 atom stereocenters. The molecule has 0 aliphatic heterocycles. The fourth-order valence-electron chi connectivity index (χ4n) is 2.68. The van der Waals surface area contributed by atoms with Crippen molar-refractivity contribution in [3.05, 3.63) is 24.4 Å². The van der Waals surface area contributed by atoms with Crippen LogP contribution in [0.15, 0.2) is 23.0 Å². The molecule has 2 N–H and O–H groups in total. The van der Waals surface area contributed by atoms with Crippen LogP contribution >= 0.6 is 0 Å². The lowest BCUT2D eigenvalue weighted by molar-refractivity contribution is 0.220. The maximum Gasteiger partial charge on any atom is 0.240 e. The van der Waals surface area contributed by atoms with E-state index in [0.29, 0.717) is 24.1 Å². The first-order chi connectivity index (χ1) is 9.34. The first kappa shape index (κ1) is 12.2. The average Bonchev–Trinajstić information content (AvgIpc) is 2.99. The minimum absolute atomic E-state index is 0.154. The highest BCUT2D eigenvalue weighted by Gasteiger charge is 2.38. The smallest absolute Gasteiger partial charge is 0.240 e. The molecule has 0 aromatic carbocycles. The zero-order valence-electron chi connectivity index (χ0n) is 10.7. The summed E-state index contributed by atoms with van der Waals surface area (Å²) in [6.45, 7) is 0.546. The molecule has 0 spiro atoms. The molecular weight excluding hydrogens is 242 g/mol. The van der Waals surface area contributed by atoms with E-state index in [1.54, 1.807) is 18.5 Å². The van der Waals surface area contributed by atoms with Crippen LogP contribution < -0.4 is 5.73 Å². The monoisotopic (exact) mass is 259 g/mol. The first-order valence-electron chi connectivity index (χ1n) is 6.66. The maximum atomic E-state index is 5.96. The van der Waals surface area contributed by atoms with Gasteiger partial charge in [-0.1, -0.05) is 24.4 Å². The van der Waals surface area contributed by atoms with Crippen LogP contribution in [-0.4, -0.2) is 26.7 Å². The average molecular weight is 259 g/mol. The lowest BCUT2D eigenvalue weighted by Crippen LogP contribution is -2.37. The van der Waals surface area contributed by atoms with Crippen molar-refractivity contribution >= 4 is 0 Å². The second-order valence-corrected chi connectivity index (χ2v) is 5.04. The molecule has 1 aliphatic carbocycles. The molecule has 0 amide bonds. The number of nitrogens with zero attached hydrogens (tertiary/aromatic N) is 4. The first-order valence-corrected chi connectivity index (χ1v) is 6.66. The van der Waals surface area contributed by atoms with E-state index < -0.39 is 0 Å². The highest BCUT2D eigenvalue weighted by molar-refractivity contribution is 5.40. The molecule has 0 bridgehead atoms. The van der Waals surface area contributed by atoms with Gasteiger partial charge >= 0.3 is 0 Å². The molecule has 0 radical (unpaired) electrons. The number of aromatic nitrogens is 4. The van der Waals surface area contributed by atoms with E-state index in [2.05, 4.69) is 20.1 Å². The highest BCUT2D eigenvalue weighted by Crippen LogP contribution is 2.38. The third-order valence-corrected chi connectivity index (χ3v) is 3.85. The quantitative estimate of drug-likeness (QED) is 0.901. The third-order valence-electron chi connectivity index (χ3n) is 3.85. The molecule has 0 unspecified atom stereocenters. The standard InChI is InChI=1S/C13H17N5O/c14-9-13(5-2-1-3-6-13)12-17-11(18-19-12)10-15-7-4-8-16-10/h4,7-8H,1-3,5-6,9,14H2. The number of nitrogens with two attached hydrogens (primary N) is 1. The van der Waals surface area contributed by atoms with Gasteiger partial charge in [0.15, 0.2) is 0 Å². The van der Waals surface area contributed by atoms with E-state index in [4.69, 9.17) is 10.3 Å². The van der Waals surface area contributed by atoms with Gasteiger partial charge in [0.25, 0.3) is 0 Å². The van der Waals surface area contributed by atoms with Crippen LogP contribution in [-0.2, 0) is 5.41 Å². The fourth-order valence-corrected chi connectivity index (χ4v) is 2.68. The van der Waals surface area contributed by atoms with E-state index in [0.717, 1.165) is 25.7 Å². The predicted molar refractivity (Wildman–Crippen MR) is 69.1 cm³/mol. The fraction of sp³-hybridized carbons (Fsp3) is 0.538. The lowest BCUT2D eigenvalue weighted by Gasteiger charge is -2.32. The Bertz CT molecular complexity index is 533. The summed E-state index contributed by atoms with van der Waals surface area (Å²) in [6, 6.07) is 1.76. The number of hydrogen-bond donors (Lipinski definition) is 1. The van der Waals surface area contributed by atoms with Gasteiger partial charge in [0.1, 0.15) is 0 Å². The highest BCUT2D eigenvalue weighted by atomic mass is 16.5. The van der Waals surface area contributed by atoms with E-state index in [1.165, 1.54) is 6.42 Å². The molecule has 1 saturated carbocycles. The Morgan fingerprint density at radius 2 is 1.84 bits per heavy atom. The largest absolute Gasteiger partial charge is 0.338 e. The molecule has 2 heterocycles. The van der Waals surface area contributed by atoms with Crippen LogP contribution in [0.1, 0.15) is 38.0 Å². The molecule has 1 fully saturated rings. The Morgan fingerprint density at radius 3 is 2.53 bits per heavy atom. The van der Waals surface area contributed by atoms with Crippen molar-refractivity contribution in [2.45, 2.75) is 37.5 Å². The zero-order valence-corrected chi connectivity index (χ0v) is 10.7. The van der Waals surface area contributed by atoms with Gasteiger partial charge < -0.3 is 10.3 Å². The Balaban J connectivity index is 1.92. The van der Waals surface area contributed by atoms with Crippen LogP contribution in [0.4, 0.5) is 0 Å². The minimum atomic E-state index is -0.154. The van der Waals surface area contributed by atoms with Gasteiger partial charge in [0, 0.05) is 18.9 Å². The number of hydrogen-bond acceptors (Lipinski definition) is 6. The Labute approximate surface area is 111 Å². The summed E-state index contributed by atoms with van der Waals surface area (Å²) >= 11 is 0. The van der Waals surface area contributed by atoms with Crippen LogP contribution in [0.3, 0.4) is 0 Å². The molecule has 100 valence electrons. The molecule has 0 saturated heterocycles. The summed E-state index contributed by atoms with van der Waals surface area (Å²) in [6.07, 6.45) is 8.94. The maximum absolute atomic E-state index is 5.96. The summed E-state index contributed by atoms with van der Waals surface area (Å²) in [5.41, 5.74) is 5.80. The molecule has 1 aliphatic rings. The van der Waals surface area contributed by atoms with E-state index in [-0.39, 0.29) is 5.41 Å². The molecule has 3 rings (SSSR count).